The van der Waals surface area contributed by atoms with Crippen LogP contribution in [0, 0.1) is 0 Å². The molecule has 1 heterocycles. The number of carbonyl (C=O) groups is 2. The van der Waals surface area contributed by atoms with Crippen LogP contribution in [0.5, 0.6) is 0 Å². The number of fused-ring (bicyclic) bond motifs is 1. The lowest BCUT2D eigenvalue weighted by Crippen LogP contribution is -2.30. The van der Waals surface area contributed by atoms with Crippen LogP contribution in [-0.2, 0) is 20.7 Å². The fourth-order valence-electron chi connectivity index (χ4n) is 2.35. The van der Waals surface area contributed by atoms with Crippen molar-refractivity contribution < 1.29 is 18.7 Å². The predicted molar refractivity (Wildman–Crippen MR) is 68.4 cm³/mol. The van der Waals surface area contributed by atoms with Crippen LogP contribution in [0.15, 0.2) is 16.7 Å². The van der Waals surface area contributed by atoms with Crippen molar-refractivity contribution in [2.75, 3.05) is 6.61 Å². The SMILES string of the molecule is CCOC(=O)CCC(=O)NC1CCCc2occc21. The molecule has 2 rings (SSSR count). The van der Waals surface area contributed by atoms with Gasteiger partial charge < -0.3 is 14.5 Å². The first-order valence-corrected chi connectivity index (χ1v) is 6.72. The van der Waals surface area contributed by atoms with Gasteiger partial charge in [-0.1, -0.05) is 0 Å². The van der Waals surface area contributed by atoms with E-state index in [9.17, 15) is 9.59 Å². The van der Waals surface area contributed by atoms with E-state index < -0.39 is 0 Å². The monoisotopic (exact) mass is 265 g/mol. The maximum Gasteiger partial charge on any atom is 0.306 e. The number of esters is 1. The van der Waals surface area contributed by atoms with Gasteiger partial charge in [-0.05, 0) is 25.8 Å². The second-order valence-electron chi connectivity index (χ2n) is 4.62. The lowest BCUT2D eigenvalue weighted by Gasteiger charge is -2.22. The molecule has 1 aromatic heterocycles. The summed E-state index contributed by atoms with van der Waals surface area (Å²) in [6.45, 7) is 2.10. The third kappa shape index (κ3) is 3.59. The molecular weight excluding hydrogens is 246 g/mol. The van der Waals surface area contributed by atoms with Gasteiger partial charge in [0.15, 0.2) is 0 Å². The quantitative estimate of drug-likeness (QED) is 0.828. The Morgan fingerprint density at radius 1 is 1.47 bits per heavy atom. The minimum absolute atomic E-state index is 0.0113. The van der Waals surface area contributed by atoms with E-state index in [1.807, 2.05) is 6.07 Å². The van der Waals surface area contributed by atoms with Crippen LogP contribution in [0.4, 0.5) is 0 Å². The van der Waals surface area contributed by atoms with Crippen molar-refractivity contribution in [2.45, 2.75) is 45.1 Å². The molecule has 1 aromatic rings. The molecule has 0 aromatic carbocycles. The first-order chi connectivity index (χ1) is 9.20. The topological polar surface area (TPSA) is 68.5 Å². The van der Waals surface area contributed by atoms with E-state index in [4.69, 9.17) is 9.15 Å². The maximum atomic E-state index is 11.8. The predicted octanol–water partition coefficient (Wildman–Crippen LogP) is 2.12. The Hall–Kier alpha value is -1.78. The number of nitrogens with one attached hydrogen (secondary N) is 1. The fraction of sp³-hybridized carbons (Fsp3) is 0.571. The van der Waals surface area contributed by atoms with Gasteiger partial charge in [0.05, 0.1) is 25.3 Å². The van der Waals surface area contributed by atoms with E-state index in [0.29, 0.717) is 6.61 Å². The molecule has 0 radical (unpaired) electrons. The number of ether oxygens (including phenoxy) is 1. The standard InChI is InChI=1S/C14H19NO4/c1-2-18-14(17)7-6-13(16)15-11-4-3-5-12-10(11)8-9-19-12/h8-9,11H,2-7H2,1H3,(H,15,16). The summed E-state index contributed by atoms with van der Waals surface area (Å²) in [4.78, 5) is 23.0. The van der Waals surface area contributed by atoms with Crippen LogP contribution in [0.1, 0.15) is 50.0 Å². The Kier molecular flexibility index (Phi) is 4.60. The average molecular weight is 265 g/mol. The lowest BCUT2D eigenvalue weighted by molar-refractivity contribution is -0.144. The molecule has 5 heteroatoms. The van der Waals surface area contributed by atoms with Crippen LogP contribution in [0.3, 0.4) is 0 Å². The Morgan fingerprint density at radius 2 is 2.32 bits per heavy atom. The van der Waals surface area contributed by atoms with Crippen molar-refractivity contribution in [3.8, 4) is 0 Å². The molecule has 0 saturated heterocycles. The minimum atomic E-state index is -0.328. The molecule has 104 valence electrons. The number of hydrogen-bond acceptors (Lipinski definition) is 4. The number of carbonyl (C=O) groups excluding carboxylic acids is 2. The van der Waals surface area contributed by atoms with Crippen LogP contribution in [0.25, 0.3) is 0 Å². The highest BCUT2D eigenvalue weighted by Crippen LogP contribution is 2.30. The van der Waals surface area contributed by atoms with Gasteiger partial charge in [0, 0.05) is 18.4 Å². The zero-order valence-electron chi connectivity index (χ0n) is 11.1. The summed E-state index contributed by atoms with van der Waals surface area (Å²) in [7, 11) is 0. The van der Waals surface area contributed by atoms with Crippen LogP contribution in [0.2, 0.25) is 0 Å². The van der Waals surface area contributed by atoms with Crippen LogP contribution < -0.4 is 5.32 Å². The minimum Gasteiger partial charge on any atom is -0.469 e. The van der Waals surface area contributed by atoms with Crippen molar-refractivity contribution >= 4 is 11.9 Å². The number of amides is 1. The van der Waals surface area contributed by atoms with Gasteiger partial charge in [0.2, 0.25) is 5.91 Å². The molecule has 0 saturated carbocycles. The highest BCUT2D eigenvalue weighted by Gasteiger charge is 2.24. The Bertz CT molecular complexity index is 452. The average Bonchev–Trinajstić information content (AvgIpc) is 2.86. The molecule has 1 atom stereocenters. The summed E-state index contributed by atoms with van der Waals surface area (Å²) < 4.78 is 10.2. The van der Waals surface area contributed by atoms with Crippen LogP contribution >= 0.6 is 0 Å². The number of hydrogen-bond donors (Lipinski definition) is 1. The second kappa shape index (κ2) is 6.41. The van der Waals surface area contributed by atoms with E-state index in [1.165, 1.54) is 0 Å². The summed E-state index contributed by atoms with van der Waals surface area (Å²) >= 11 is 0. The van der Waals surface area contributed by atoms with Gasteiger partial charge in [0.1, 0.15) is 5.76 Å². The fourth-order valence-corrected chi connectivity index (χ4v) is 2.35. The molecule has 1 N–H and O–H groups in total. The Morgan fingerprint density at radius 3 is 3.11 bits per heavy atom. The number of furan rings is 1. The molecular formula is C14H19NO4. The smallest absolute Gasteiger partial charge is 0.306 e. The van der Waals surface area contributed by atoms with E-state index in [1.54, 1.807) is 13.2 Å². The highest BCUT2D eigenvalue weighted by atomic mass is 16.5. The zero-order valence-corrected chi connectivity index (χ0v) is 11.1. The zero-order chi connectivity index (χ0) is 13.7. The Labute approximate surface area is 112 Å². The van der Waals surface area contributed by atoms with Crippen molar-refractivity contribution in [3.05, 3.63) is 23.7 Å². The molecule has 0 aliphatic heterocycles. The maximum absolute atomic E-state index is 11.8. The first-order valence-electron chi connectivity index (χ1n) is 6.72. The number of aryl methyl sites for hydroxylation is 1. The molecule has 1 unspecified atom stereocenters. The first kappa shape index (κ1) is 13.6. The molecule has 0 spiro atoms. The summed E-state index contributed by atoms with van der Waals surface area (Å²) in [5.41, 5.74) is 1.07. The van der Waals surface area contributed by atoms with Gasteiger partial charge in [-0.25, -0.2) is 0 Å². The summed E-state index contributed by atoms with van der Waals surface area (Å²) in [6, 6.07) is 1.92. The van der Waals surface area contributed by atoms with Crippen molar-refractivity contribution in [1.29, 1.82) is 0 Å². The summed E-state index contributed by atoms with van der Waals surface area (Å²) in [5, 5.41) is 2.95. The van der Waals surface area contributed by atoms with E-state index >= 15 is 0 Å². The molecule has 0 fully saturated rings. The Balaban J connectivity index is 1.82. The van der Waals surface area contributed by atoms with Crippen molar-refractivity contribution in [3.63, 3.8) is 0 Å². The van der Waals surface area contributed by atoms with Crippen LogP contribution in [-0.4, -0.2) is 18.5 Å². The molecule has 19 heavy (non-hydrogen) atoms. The van der Waals surface area contributed by atoms with E-state index in [2.05, 4.69) is 5.32 Å². The van der Waals surface area contributed by atoms with Gasteiger partial charge in [-0.2, -0.15) is 0 Å². The summed E-state index contributed by atoms with van der Waals surface area (Å²) in [6.07, 6.45) is 4.81. The highest BCUT2D eigenvalue weighted by molar-refractivity contribution is 5.81. The third-order valence-corrected chi connectivity index (χ3v) is 3.25. The molecule has 1 amide bonds. The largest absolute Gasteiger partial charge is 0.469 e. The van der Waals surface area contributed by atoms with Gasteiger partial charge >= 0.3 is 5.97 Å². The molecule has 0 bridgehead atoms. The summed E-state index contributed by atoms with van der Waals surface area (Å²) in [5.74, 6) is 0.513. The molecule has 5 nitrogen and oxygen atoms in total. The third-order valence-electron chi connectivity index (χ3n) is 3.25. The van der Waals surface area contributed by atoms with Crippen molar-refractivity contribution in [1.82, 2.24) is 5.32 Å². The van der Waals surface area contributed by atoms with Gasteiger partial charge in [-0.3, -0.25) is 9.59 Å². The van der Waals surface area contributed by atoms with E-state index in [-0.39, 0.29) is 30.8 Å². The number of rotatable bonds is 5. The van der Waals surface area contributed by atoms with Gasteiger partial charge in [-0.15, -0.1) is 0 Å². The molecule has 1 aliphatic carbocycles. The lowest BCUT2D eigenvalue weighted by atomic mass is 9.93. The second-order valence-corrected chi connectivity index (χ2v) is 4.62. The van der Waals surface area contributed by atoms with Gasteiger partial charge in [0.25, 0.3) is 0 Å². The molecule has 1 aliphatic rings. The van der Waals surface area contributed by atoms with E-state index in [0.717, 1.165) is 30.6 Å². The van der Waals surface area contributed by atoms with Crippen molar-refractivity contribution in [2.24, 2.45) is 0 Å². The normalized spacial score (nSPS) is 17.6.